The summed E-state index contributed by atoms with van der Waals surface area (Å²) < 4.78 is 0. The molecule has 0 aliphatic carbocycles. The summed E-state index contributed by atoms with van der Waals surface area (Å²) in [6.07, 6.45) is 4.95. The molecule has 4 rings (SSSR count). The lowest BCUT2D eigenvalue weighted by molar-refractivity contribution is -0.143. The van der Waals surface area contributed by atoms with E-state index < -0.39 is 59.5 Å². The van der Waals surface area contributed by atoms with Gasteiger partial charge in [-0.1, -0.05) is 42.5 Å². The number of Topliss-reactive ketones (excluding diaryl/α,β-unsaturated/α-hetero) is 1. The molecule has 17 nitrogen and oxygen atoms in total. The van der Waals surface area contributed by atoms with Crippen molar-refractivity contribution in [1.82, 2.24) is 31.5 Å². The number of carbonyl (C=O) groups is 7. The monoisotopic (exact) mass is 729 g/mol. The number of nitrogens with one attached hydrogen (secondary N) is 5. The molecule has 0 radical (unpaired) electrons. The molecule has 2 aliphatic heterocycles. The Morgan fingerprint density at radius 1 is 0.943 bits per heavy atom. The minimum Gasteiger partial charge on any atom is -0.508 e. The van der Waals surface area contributed by atoms with E-state index in [1.54, 1.807) is 42.5 Å². The molecular weight excluding hydrogens is 686 g/mol. The van der Waals surface area contributed by atoms with Gasteiger partial charge in [0.05, 0.1) is 6.04 Å². The number of fused-ring (bicyclic) bond motifs is 1. The van der Waals surface area contributed by atoms with Crippen LogP contribution in [0.2, 0.25) is 0 Å². The minimum atomic E-state index is -1.38. The molecule has 1 saturated heterocycles. The van der Waals surface area contributed by atoms with Crippen molar-refractivity contribution in [3.8, 4) is 5.75 Å². The summed E-state index contributed by atoms with van der Waals surface area (Å²) in [6, 6.07) is 9.74. The van der Waals surface area contributed by atoms with Gasteiger partial charge in [-0.05, 0) is 61.1 Å². The highest BCUT2D eigenvalue weighted by atomic mass is 16.3. The Morgan fingerprint density at radius 2 is 1.68 bits per heavy atom. The Bertz CT molecular complexity index is 1760. The molecule has 1 fully saturated rings. The number of nitrogens with zero attached hydrogens (tertiary/aromatic N) is 2. The minimum absolute atomic E-state index is 0.000868. The van der Waals surface area contributed by atoms with E-state index in [9.17, 15) is 38.7 Å². The van der Waals surface area contributed by atoms with E-state index in [4.69, 9.17) is 11.5 Å². The number of aliphatic imine (C=N–C) groups is 1. The predicted molar refractivity (Wildman–Crippen MR) is 193 cm³/mol. The first kappa shape index (κ1) is 39.3. The van der Waals surface area contributed by atoms with Crippen molar-refractivity contribution in [2.45, 2.75) is 56.3 Å². The normalized spacial score (nSPS) is 23.2. The van der Waals surface area contributed by atoms with Crippen molar-refractivity contribution in [3.05, 3.63) is 83.6 Å². The highest BCUT2D eigenvalue weighted by Gasteiger charge is 2.39. The molecule has 2 aromatic rings. The van der Waals surface area contributed by atoms with E-state index in [0.717, 1.165) is 6.08 Å². The van der Waals surface area contributed by atoms with Crippen LogP contribution in [0.3, 0.4) is 0 Å². The first-order valence-corrected chi connectivity index (χ1v) is 17.0. The second-order valence-corrected chi connectivity index (χ2v) is 12.4. The van der Waals surface area contributed by atoms with E-state index in [1.165, 1.54) is 29.2 Å². The molecule has 0 saturated carbocycles. The van der Waals surface area contributed by atoms with Gasteiger partial charge in [0.15, 0.2) is 5.96 Å². The molecule has 4 atom stereocenters. The van der Waals surface area contributed by atoms with Gasteiger partial charge >= 0.3 is 0 Å². The van der Waals surface area contributed by atoms with Crippen molar-refractivity contribution in [3.63, 3.8) is 0 Å². The van der Waals surface area contributed by atoms with E-state index in [0.29, 0.717) is 24.0 Å². The molecule has 6 amide bonds. The Morgan fingerprint density at radius 3 is 2.38 bits per heavy atom. The van der Waals surface area contributed by atoms with Crippen molar-refractivity contribution < 1.29 is 38.7 Å². The van der Waals surface area contributed by atoms with Gasteiger partial charge in [-0.15, -0.1) is 0 Å². The molecule has 10 N–H and O–H groups in total. The highest BCUT2D eigenvalue weighted by molar-refractivity contribution is 6.38. The average molecular weight is 730 g/mol. The largest absolute Gasteiger partial charge is 0.508 e. The lowest BCUT2D eigenvalue weighted by Gasteiger charge is -2.29. The van der Waals surface area contributed by atoms with Crippen molar-refractivity contribution in [2.75, 3.05) is 19.6 Å². The maximum absolute atomic E-state index is 13.9. The maximum atomic E-state index is 13.9. The SMILES string of the molecule is NC(N)=NCCC[C@@H]1NC(=O)[C@H]2CCCN2C(=O)[C@H](NC=O)CNC(=O)/C=C/C(=C\c2ccc(O)cc2)NC(=O)[C@@H](Cc2ccccc2)NC(=O)C1=O. The Hall–Kier alpha value is -6.52. The number of phenols is 1. The van der Waals surface area contributed by atoms with Crippen LogP contribution in [-0.2, 0) is 40.0 Å². The zero-order valence-corrected chi connectivity index (χ0v) is 28.8. The van der Waals surface area contributed by atoms with Crippen LogP contribution >= 0.6 is 0 Å². The van der Waals surface area contributed by atoms with Gasteiger partial charge in [0, 0.05) is 37.8 Å². The summed E-state index contributed by atoms with van der Waals surface area (Å²) in [5.41, 5.74) is 12.1. The highest BCUT2D eigenvalue weighted by Crippen LogP contribution is 2.20. The lowest BCUT2D eigenvalue weighted by Crippen LogP contribution is -2.58. The maximum Gasteiger partial charge on any atom is 0.290 e. The van der Waals surface area contributed by atoms with E-state index in [-0.39, 0.29) is 62.7 Å². The summed E-state index contributed by atoms with van der Waals surface area (Å²) in [4.78, 5) is 98.1. The lowest BCUT2D eigenvalue weighted by atomic mass is 10.0. The number of hydrogen-bond donors (Lipinski definition) is 8. The van der Waals surface area contributed by atoms with Crippen molar-refractivity contribution >= 4 is 53.8 Å². The molecule has 0 spiro atoms. The van der Waals surface area contributed by atoms with Crippen LogP contribution in [0.4, 0.5) is 0 Å². The van der Waals surface area contributed by atoms with Gasteiger partial charge in [-0.25, -0.2) is 0 Å². The smallest absolute Gasteiger partial charge is 0.290 e. The topological polar surface area (TPSA) is 268 Å². The molecule has 2 heterocycles. The molecule has 53 heavy (non-hydrogen) atoms. The Balaban J connectivity index is 1.74. The molecule has 0 aromatic heterocycles. The molecular formula is C36H43N9O8. The number of aromatic hydroxyl groups is 1. The number of guanidine groups is 1. The number of carbonyl (C=O) groups excluding carboxylic acids is 7. The quantitative estimate of drug-likeness (QED) is 0.0486. The zero-order chi connectivity index (χ0) is 38.3. The van der Waals surface area contributed by atoms with E-state index >= 15 is 0 Å². The van der Waals surface area contributed by atoms with Gasteiger partial charge in [-0.3, -0.25) is 38.6 Å². The third-order valence-corrected chi connectivity index (χ3v) is 8.49. The van der Waals surface area contributed by atoms with Gasteiger partial charge in [0.25, 0.3) is 5.91 Å². The Labute approximate surface area is 305 Å². The number of ketones is 1. The van der Waals surface area contributed by atoms with Crippen LogP contribution in [-0.4, -0.2) is 101 Å². The first-order valence-electron chi connectivity index (χ1n) is 17.0. The molecule has 0 unspecified atom stereocenters. The summed E-state index contributed by atoms with van der Waals surface area (Å²) in [5.74, 6) is -5.15. The molecule has 17 heteroatoms. The van der Waals surface area contributed by atoms with Crippen molar-refractivity contribution in [2.24, 2.45) is 16.5 Å². The predicted octanol–water partition coefficient (Wildman–Crippen LogP) is -1.52. The van der Waals surface area contributed by atoms with E-state index in [2.05, 4.69) is 31.6 Å². The molecule has 0 bridgehead atoms. The standard InChI is InChI=1S/C36H43N9O8/c37-36(38)39-16-4-8-26-31(49)34(52)44-27(19-22-6-2-1-3-7-22)32(50)42-24(18-23-10-13-25(47)14-11-23)12-15-30(48)40-20-28(41-21-46)35(53)45-17-5-9-29(45)33(51)43-26/h1-3,6-7,10-15,18,21,26-29,47H,4-5,8-9,16-17,19-20H2,(H,40,48)(H,41,46)(H,42,50)(H,43,51)(H,44,52)(H4,37,38,39)/b15-12+,24-18+/t26-,27+,28+,29+/m0/s1. The summed E-state index contributed by atoms with van der Waals surface area (Å²) >= 11 is 0. The molecule has 2 aliphatic rings. The van der Waals surface area contributed by atoms with Crippen LogP contribution in [0.5, 0.6) is 5.75 Å². The van der Waals surface area contributed by atoms with Gasteiger partial charge in [0.1, 0.15) is 23.9 Å². The fraction of sp³-hybridized carbons (Fsp3) is 0.333. The first-order chi connectivity index (χ1) is 25.4. The molecule has 280 valence electrons. The third-order valence-electron chi connectivity index (χ3n) is 8.49. The van der Waals surface area contributed by atoms with Crippen LogP contribution in [0.15, 0.2) is 77.4 Å². The second kappa shape index (κ2) is 19.2. The van der Waals surface area contributed by atoms with Crippen molar-refractivity contribution in [1.29, 1.82) is 0 Å². The zero-order valence-electron chi connectivity index (χ0n) is 28.8. The Kier molecular flexibility index (Phi) is 14.2. The summed E-state index contributed by atoms with van der Waals surface area (Å²) in [6.45, 7) is -0.0880. The average Bonchev–Trinajstić information content (AvgIpc) is 3.64. The second-order valence-electron chi connectivity index (χ2n) is 12.4. The van der Waals surface area contributed by atoms with Crippen LogP contribution < -0.4 is 38.1 Å². The van der Waals surface area contributed by atoms with Crippen LogP contribution in [0.25, 0.3) is 6.08 Å². The fourth-order valence-electron chi connectivity index (χ4n) is 5.82. The van der Waals surface area contributed by atoms with Crippen LogP contribution in [0.1, 0.15) is 36.8 Å². The number of nitrogens with two attached hydrogens (primary N) is 2. The fourth-order valence-corrected chi connectivity index (χ4v) is 5.82. The van der Waals surface area contributed by atoms with Gasteiger partial charge < -0.3 is 48.1 Å². The number of amides is 6. The summed E-state index contributed by atoms with van der Waals surface area (Å²) in [7, 11) is 0. The van der Waals surface area contributed by atoms with Crippen LogP contribution in [0, 0.1) is 0 Å². The number of phenolic OH excluding ortho intramolecular Hbond substituents is 1. The van der Waals surface area contributed by atoms with Gasteiger partial charge in [0.2, 0.25) is 35.8 Å². The molecule has 2 aromatic carbocycles. The number of allylic oxidation sites excluding steroid dienone is 1. The number of hydrogen-bond acceptors (Lipinski definition) is 9. The third kappa shape index (κ3) is 11.8. The summed E-state index contributed by atoms with van der Waals surface area (Å²) in [5, 5.41) is 22.5. The van der Waals surface area contributed by atoms with Gasteiger partial charge in [-0.2, -0.15) is 0 Å². The number of rotatable bonds is 9. The van der Waals surface area contributed by atoms with E-state index in [1.807, 2.05) is 0 Å². The number of benzene rings is 2.